The van der Waals surface area contributed by atoms with Crippen molar-refractivity contribution in [1.82, 2.24) is 10.3 Å². The average molecular weight is 237 g/mol. The zero-order chi connectivity index (χ0) is 11.5. The third-order valence-corrected chi connectivity index (χ3v) is 3.24. The summed E-state index contributed by atoms with van der Waals surface area (Å²) in [7, 11) is 0. The molecule has 0 aliphatic heterocycles. The fourth-order valence-corrected chi connectivity index (χ4v) is 2.35. The van der Waals surface area contributed by atoms with E-state index in [0.717, 1.165) is 10.2 Å². The van der Waals surface area contributed by atoms with Crippen LogP contribution in [0.2, 0.25) is 0 Å². The average Bonchev–Trinajstić information content (AvgIpc) is 2.64. The lowest BCUT2D eigenvalue weighted by atomic mass is 10.2. The summed E-state index contributed by atoms with van der Waals surface area (Å²) in [6.45, 7) is 0.134. The molecule has 2 heterocycles. The lowest BCUT2D eigenvalue weighted by Crippen LogP contribution is -2.26. The summed E-state index contributed by atoms with van der Waals surface area (Å²) in [6, 6.07) is 3.61. The molecule has 4 N–H and O–H groups in total. The van der Waals surface area contributed by atoms with E-state index in [0.29, 0.717) is 10.6 Å². The van der Waals surface area contributed by atoms with Crippen LogP contribution in [0.1, 0.15) is 9.67 Å². The molecule has 0 aliphatic carbocycles. The van der Waals surface area contributed by atoms with Gasteiger partial charge in [0, 0.05) is 18.1 Å². The van der Waals surface area contributed by atoms with Crippen LogP contribution < -0.4 is 11.1 Å². The van der Waals surface area contributed by atoms with E-state index in [1.165, 1.54) is 11.3 Å². The van der Waals surface area contributed by atoms with Crippen LogP contribution in [0.5, 0.6) is 0 Å². The first kappa shape index (κ1) is 10.8. The zero-order valence-corrected chi connectivity index (χ0v) is 9.25. The van der Waals surface area contributed by atoms with Gasteiger partial charge in [-0.05, 0) is 12.1 Å². The number of hydrogen-bond donors (Lipinski definition) is 3. The van der Waals surface area contributed by atoms with Crippen molar-refractivity contribution in [2.24, 2.45) is 0 Å². The van der Waals surface area contributed by atoms with E-state index in [1.807, 2.05) is 6.07 Å². The second kappa shape index (κ2) is 4.46. The maximum absolute atomic E-state index is 11.7. The molecule has 2 aromatic heterocycles. The number of aliphatic hydroxyl groups is 1. The molecule has 0 fully saturated rings. The van der Waals surface area contributed by atoms with Crippen molar-refractivity contribution in [1.29, 1.82) is 0 Å². The monoisotopic (exact) mass is 237 g/mol. The number of carbonyl (C=O) groups excluding carboxylic acids is 1. The molecule has 6 heteroatoms. The molecule has 0 aliphatic rings. The van der Waals surface area contributed by atoms with Gasteiger partial charge in [-0.2, -0.15) is 0 Å². The summed E-state index contributed by atoms with van der Waals surface area (Å²) in [6.07, 6.45) is 1.66. The van der Waals surface area contributed by atoms with Crippen molar-refractivity contribution >= 4 is 33.1 Å². The van der Waals surface area contributed by atoms with Crippen molar-refractivity contribution in [3.63, 3.8) is 0 Å². The van der Waals surface area contributed by atoms with Crippen LogP contribution in [0.15, 0.2) is 18.3 Å². The Labute approximate surface area is 95.9 Å². The molecule has 0 spiro atoms. The summed E-state index contributed by atoms with van der Waals surface area (Å²) in [5, 5.41) is 12.0. The second-order valence-electron chi connectivity index (χ2n) is 3.18. The molecular formula is C10H11N3O2S. The smallest absolute Gasteiger partial charge is 0.263 e. The molecule has 2 aromatic rings. The maximum atomic E-state index is 11.7. The van der Waals surface area contributed by atoms with Crippen LogP contribution in [0.3, 0.4) is 0 Å². The molecule has 0 unspecified atom stereocenters. The molecule has 1 amide bonds. The number of nitrogens with two attached hydrogens (primary N) is 1. The van der Waals surface area contributed by atoms with Crippen LogP contribution >= 0.6 is 11.3 Å². The van der Waals surface area contributed by atoms with Crippen molar-refractivity contribution < 1.29 is 9.90 Å². The Morgan fingerprint density at radius 2 is 2.44 bits per heavy atom. The highest BCUT2D eigenvalue weighted by molar-refractivity contribution is 7.21. The highest BCUT2D eigenvalue weighted by atomic mass is 32.1. The Kier molecular flexibility index (Phi) is 3.02. The predicted molar refractivity (Wildman–Crippen MR) is 63.5 cm³/mol. The number of pyridine rings is 1. The SMILES string of the molecule is Nc1c(C(=O)NCCO)sc2ncccc12. The minimum absolute atomic E-state index is 0.0885. The van der Waals surface area contributed by atoms with Crippen LogP contribution in [0, 0.1) is 0 Å². The van der Waals surface area contributed by atoms with Gasteiger partial charge in [-0.1, -0.05) is 0 Å². The summed E-state index contributed by atoms with van der Waals surface area (Å²) in [5.41, 5.74) is 6.31. The number of aliphatic hydroxyl groups excluding tert-OH is 1. The summed E-state index contributed by atoms with van der Waals surface area (Å²) in [4.78, 5) is 17.0. The molecule has 0 radical (unpaired) electrons. The quantitative estimate of drug-likeness (QED) is 0.729. The number of anilines is 1. The number of thiophene rings is 1. The van der Waals surface area contributed by atoms with Crippen molar-refractivity contribution in [3.05, 3.63) is 23.2 Å². The van der Waals surface area contributed by atoms with E-state index in [1.54, 1.807) is 12.3 Å². The summed E-state index contributed by atoms with van der Waals surface area (Å²) >= 11 is 1.25. The number of rotatable bonds is 3. The first-order chi connectivity index (χ1) is 7.74. The van der Waals surface area contributed by atoms with E-state index < -0.39 is 0 Å². The minimum atomic E-state index is -0.269. The molecule has 84 valence electrons. The molecule has 5 nitrogen and oxygen atoms in total. The van der Waals surface area contributed by atoms with Gasteiger partial charge in [0.2, 0.25) is 0 Å². The highest BCUT2D eigenvalue weighted by Gasteiger charge is 2.15. The number of fused-ring (bicyclic) bond motifs is 1. The third kappa shape index (κ3) is 1.84. The molecule has 0 atom stereocenters. The lowest BCUT2D eigenvalue weighted by molar-refractivity contribution is 0.0949. The van der Waals surface area contributed by atoms with E-state index in [9.17, 15) is 4.79 Å². The Bertz CT molecular complexity index is 524. The van der Waals surface area contributed by atoms with E-state index >= 15 is 0 Å². The molecule has 16 heavy (non-hydrogen) atoms. The van der Waals surface area contributed by atoms with E-state index in [2.05, 4.69) is 10.3 Å². The fourth-order valence-electron chi connectivity index (χ4n) is 1.37. The largest absolute Gasteiger partial charge is 0.397 e. The summed E-state index contributed by atoms with van der Waals surface area (Å²) in [5.74, 6) is -0.269. The Morgan fingerprint density at radius 1 is 1.62 bits per heavy atom. The van der Waals surface area contributed by atoms with Gasteiger partial charge in [-0.15, -0.1) is 11.3 Å². The number of aromatic nitrogens is 1. The lowest BCUT2D eigenvalue weighted by Gasteiger charge is -2.00. The van der Waals surface area contributed by atoms with Crippen LogP contribution in [0.4, 0.5) is 5.69 Å². The van der Waals surface area contributed by atoms with Crippen LogP contribution in [-0.2, 0) is 0 Å². The number of carbonyl (C=O) groups is 1. The first-order valence-electron chi connectivity index (χ1n) is 4.76. The topological polar surface area (TPSA) is 88.2 Å². The standard InChI is InChI=1S/C10H11N3O2S/c11-7-6-2-1-3-13-10(6)16-8(7)9(15)12-4-5-14/h1-3,14H,4-5,11H2,(H,12,15). The van der Waals surface area contributed by atoms with Gasteiger partial charge >= 0.3 is 0 Å². The van der Waals surface area contributed by atoms with Crippen molar-refractivity contribution in [3.8, 4) is 0 Å². The Morgan fingerprint density at radius 3 is 3.12 bits per heavy atom. The number of nitrogen functional groups attached to an aromatic ring is 1. The number of nitrogens with one attached hydrogen (secondary N) is 1. The van der Waals surface area contributed by atoms with Gasteiger partial charge in [-0.3, -0.25) is 4.79 Å². The van der Waals surface area contributed by atoms with Gasteiger partial charge in [0.05, 0.1) is 12.3 Å². The normalized spacial score (nSPS) is 10.6. The summed E-state index contributed by atoms with van der Waals surface area (Å²) < 4.78 is 0. The zero-order valence-electron chi connectivity index (χ0n) is 8.43. The fraction of sp³-hybridized carbons (Fsp3) is 0.200. The van der Waals surface area contributed by atoms with E-state index in [4.69, 9.17) is 10.8 Å². The number of amides is 1. The third-order valence-electron chi connectivity index (χ3n) is 2.11. The molecule has 0 aromatic carbocycles. The molecular weight excluding hydrogens is 226 g/mol. The van der Waals surface area contributed by atoms with Crippen molar-refractivity contribution in [2.75, 3.05) is 18.9 Å². The highest BCUT2D eigenvalue weighted by Crippen LogP contribution is 2.31. The second-order valence-corrected chi connectivity index (χ2v) is 4.18. The van der Waals surface area contributed by atoms with E-state index in [-0.39, 0.29) is 19.1 Å². The number of nitrogens with zero attached hydrogens (tertiary/aromatic N) is 1. The van der Waals surface area contributed by atoms with Gasteiger partial charge < -0.3 is 16.2 Å². The molecule has 0 saturated heterocycles. The molecule has 0 bridgehead atoms. The first-order valence-corrected chi connectivity index (χ1v) is 5.57. The molecule has 0 saturated carbocycles. The number of hydrogen-bond acceptors (Lipinski definition) is 5. The minimum Gasteiger partial charge on any atom is -0.397 e. The molecule has 2 rings (SSSR count). The Balaban J connectivity index is 2.37. The predicted octanol–water partition coefficient (Wildman–Crippen LogP) is 0.601. The van der Waals surface area contributed by atoms with Crippen LogP contribution in [0.25, 0.3) is 10.2 Å². The maximum Gasteiger partial charge on any atom is 0.263 e. The van der Waals surface area contributed by atoms with Gasteiger partial charge in [0.1, 0.15) is 9.71 Å². The Hall–Kier alpha value is -1.66. The van der Waals surface area contributed by atoms with Crippen molar-refractivity contribution in [2.45, 2.75) is 0 Å². The van der Waals surface area contributed by atoms with Gasteiger partial charge in [-0.25, -0.2) is 4.98 Å². The van der Waals surface area contributed by atoms with Gasteiger partial charge in [0.25, 0.3) is 5.91 Å². The van der Waals surface area contributed by atoms with Gasteiger partial charge in [0.15, 0.2) is 0 Å². The van der Waals surface area contributed by atoms with Crippen LogP contribution in [-0.4, -0.2) is 29.1 Å².